The lowest BCUT2D eigenvalue weighted by molar-refractivity contribution is 0.0702. The number of nitrogens with zero attached hydrogens (tertiary/aromatic N) is 2. The van der Waals surface area contributed by atoms with Gasteiger partial charge in [-0.1, -0.05) is 0 Å². The molecule has 0 saturated carbocycles. The molecule has 0 unspecified atom stereocenters. The molecule has 3 heterocycles. The molecule has 0 fully saturated rings. The van der Waals surface area contributed by atoms with Gasteiger partial charge in [-0.05, 0) is 23.6 Å². The van der Waals surface area contributed by atoms with Crippen LogP contribution in [0.25, 0.3) is 22.7 Å². The molecule has 20 heavy (non-hydrogen) atoms. The average molecular weight is 320 g/mol. The van der Waals surface area contributed by atoms with Crippen LogP contribution in [0, 0.1) is 0 Å². The summed E-state index contributed by atoms with van der Waals surface area (Å²) in [6.07, 6.45) is 4.99. The summed E-state index contributed by atoms with van der Waals surface area (Å²) in [5, 5.41) is 16.5. The van der Waals surface area contributed by atoms with Crippen LogP contribution in [0.2, 0.25) is 0 Å². The second kappa shape index (κ2) is 5.66. The van der Waals surface area contributed by atoms with E-state index in [0.717, 1.165) is 27.6 Å². The van der Waals surface area contributed by atoms with Crippen LogP contribution in [-0.4, -0.2) is 21.0 Å². The first-order valence-corrected chi connectivity index (χ1v) is 8.21. The topological polar surface area (TPSA) is 63.1 Å². The minimum atomic E-state index is -0.949. The Hall–Kier alpha value is -1.83. The molecule has 0 aromatic carbocycles. The number of thiophene rings is 1. The summed E-state index contributed by atoms with van der Waals surface area (Å²) in [5.74, 6) is -0.949. The normalized spacial score (nSPS) is 11.2. The van der Waals surface area contributed by atoms with Gasteiger partial charge >= 0.3 is 5.97 Å². The number of carbonyl (C=O) groups is 1. The summed E-state index contributed by atoms with van der Waals surface area (Å²) < 4.78 is 0. The van der Waals surface area contributed by atoms with Crippen LogP contribution in [0.1, 0.15) is 20.4 Å². The predicted octanol–water partition coefficient (Wildman–Crippen LogP) is 4.20. The average Bonchev–Trinajstić information content (AvgIpc) is 3.17. The molecule has 0 bridgehead atoms. The highest BCUT2D eigenvalue weighted by atomic mass is 32.1. The first kappa shape index (κ1) is 13.2. The third kappa shape index (κ3) is 2.84. The van der Waals surface area contributed by atoms with Crippen molar-refractivity contribution in [3.05, 3.63) is 44.0 Å². The first-order chi connectivity index (χ1) is 9.72. The van der Waals surface area contributed by atoms with E-state index in [1.54, 1.807) is 28.7 Å². The van der Waals surface area contributed by atoms with E-state index in [-0.39, 0.29) is 4.88 Å². The molecule has 100 valence electrons. The van der Waals surface area contributed by atoms with Crippen molar-refractivity contribution in [2.75, 3.05) is 0 Å². The number of thiazole rings is 2. The molecular weight excluding hydrogens is 312 g/mol. The van der Waals surface area contributed by atoms with Crippen molar-refractivity contribution in [3.63, 3.8) is 0 Å². The molecule has 3 aromatic rings. The van der Waals surface area contributed by atoms with Crippen LogP contribution >= 0.6 is 34.0 Å². The number of rotatable bonds is 4. The van der Waals surface area contributed by atoms with Crippen LogP contribution in [0.3, 0.4) is 0 Å². The Morgan fingerprint density at radius 2 is 2.20 bits per heavy atom. The van der Waals surface area contributed by atoms with Gasteiger partial charge in [-0.2, -0.15) is 11.3 Å². The fourth-order valence-corrected chi connectivity index (χ4v) is 3.66. The number of aromatic carboxylic acids is 1. The van der Waals surface area contributed by atoms with Crippen LogP contribution in [-0.2, 0) is 0 Å². The van der Waals surface area contributed by atoms with Crippen molar-refractivity contribution >= 4 is 52.1 Å². The minimum absolute atomic E-state index is 0.238. The highest BCUT2D eigenvalue weighted by Gasteiger charge is 2.07. The Bertz CT molecular complexity index is 756. The van der Waals surface area contributed by atoms with Gasteiger partial charge in [-0.3, -0.25) is 0 Å². The quantitative estimate of drug-likeness (QED) is 0.782. The number of aromatic nitrogens is 2. The van der Waals surface area contributed by atoms with Crippen LogP contribution in [0.4, 0.5) is 0 Å². The molecule has 0 aliphatic carbocycles. The summed E-state index contributed by atoms with van der Waals surface area (Å²) in [7, 11) is 0. The fraction of sp³-hybridized carbons (Fsp3) is 0. The van der Waals surface area contributed by atoms with E-state index in [2.05, 4.69) is 15.3 Å². The van der Waals surface area contributed by atoms with E-state index in [0.29, 0.717) is 5.01 Å². The third-order valence-electron chi connectivity index (χ3n) is 2.42. The molecule has 7 heteroatoms. The number of carboxylic acids is 1. The Morgan fingerprint density at radius 3 is 2.90 bits per heavy atom. The van der Waals surface area contributed by atoms with Crippen molar-refractivity contribution in [1.82, 2.24) is 9.97 Å². The van der Waals surface area contributed by atoms with Crippen LogP contribution in [0.15, 0.2) is 28.4 Å². The smallest absolute Gasteiger partial charge is 0.347 e. The third-order valence-corrected chi connectivity index (χ3v) is 4.96. The maximum Gasteiger partial charge on any atom is 0.347 e. The molecule has 0 aliphatic heterocycles. The zero-order valence-corrected chi connectivity index (χ0v) is 12.5. The van der Waals surface area contributed by atoms with Gasteiger partial charge in [0.25, 0.3) is 0 Å². The monoisotopic (exact) mass is 320 g/mol. The van der Waals surface area contributed by atoms with E-state index < -0.39 is 5.97 Å². The molecular formula is C13H8N2O2S3. The number of carboxylic acid groups (broad SMARTS) is 1. The molecule has 1 N–H and O–H groups in total. The predicted molar refractivity (Wildman–Crippen MR) is 83.4 cm³/mol. The second-order valence-corrected chi connectivity index (χ2v) is 6.49. The Kier molecular flexibility index (Phi) is 3.72. The van der Waals surface area contributed by atoms with Gasteiger partial charge in [-0.15, -0.1) is 22.7 Å². The number of hydrogen-bond acceptors (Lipinski definition) is 6. The maximum atomic E-state index is 10.8. The van der Waals surface area contributed by atoms with Gasteiger partial charge in [0.05, 0.1) is 11.9 Å². The van der Waals surface area contributed by atoms with E-state index in [4.69, 9.17) is 5.11 Å². The lowest BCUT2D eigenvalue weighted by Crippen LogP contribution is -1.89. The van der Waals surface area contributed by atoms with Crippen LogP contribution < -0.4 is 0 Å². The SMILES string of the molecule is O=C(O)c1cnc(/C=C\c2csc(-c3ccsc3)n2)s1. The van der Waals surface area contributed by atoms with Gasteiger partial charge < -0.3 is 5.11 Å². The van der Waals surface area contributed by atoms with E-state index in [1.807, 2.05) is 22.9 Å². The largest absolute Gasteiger partial charge is 0.477 e. The summed E-state index contributed by atoms with van der Waals surface area (Å²) in [5.41, 5.74) is 1.98. The van der Waals surface area contributed by atoms with Crippen molar-refractivity contribution in [2.45, 2.75) is 0 Å². The lowest BCUT2D eigenvalue weighted by Gasteiger charge is -1.86. The summed E-state index contributed by atoms with van der Waals surface area (Å²) >= 11 is 4.37. The molecule has 3 aromatic heterocycles. The van der Waals surface area contributed by atoms with Crippen LogP contribution in [0.5, 0.6) is 0 Å². The molecule has 0 atom stereocenters. The van der Waals surface area contributed by atoms with Gasteiger partial charge in [0, 0.05) is 16.3 Å². The van der Waals surface area contributed by atoms with Gasteiger partial charge in [-0.25, -0.2) is 14.8 Å². The molecule has 0 radical (unpaired) electrons. The van der Waals surface area contributed by atoms with E-state index in [9.17, 15) is 4.79 Å². The van der Waals surface area contributed by atoms with Crippen molar-refractivity contribution in [2.24, 2.45) is 0 Å². The van der Waals surface area contributed by atoms with Crippen molar-refractivity contribution < 1.29 is 9.90 Å². The Balaban J connectivity index is 1.77. The standard InChI is InChI=1S/C13H8N2O2S3/c16-13(17)10-5-14-11(20-10)2-1-9-7-19-12(15-9)8-3-4-18-6-8/h1-7H,(H,16,17)/b2-1-. The number of hydrogen-bond donors (Lipinski definition) is 1. The second-order valence-electron chi connectivity index (χ2n) is 3.79. The molecule has 3 rings (SSSR count). The van der Waals surface area contributed by atoms with E-state index in [1.165, 1.54) is 6.20 Å². The van der Waals surface area contributed by atoms with Gasteiger partial charge in [0.1, 0.15) is 14.9 Å². The summed E-state index contributed by atoms with van der Waals surface area (Å²) in [4.78, 5) is 19.5. The minimum Gasteiger partial charge on any atom is -0.477 e. The molecule has 4 nitrogen and oxygen atoms in total. The maximum absolute atomic E-state index is 10.8. The molecule has 0 amide bonds. The molecule has 0 aliphatic rings. The first-order valence-electron chi connectivity index (χ1n) is 5.57. The highest BCUT2D eigenvalue weighted by Crippen LogP contribution is 2.26. The van der Waals surface area contributed by atoms with Crippen molar-refractivity contribution in [1.29, 1.82) is 0 Å². The lowest BCUT2D eigenvalue weighted by atomic mass is 10.3. The van der Waals surface area contributed by atoms with Crippen molar-refractivity contribution in [3.8, 4) is 10.6 Å². The summed E-state index contributed by atoms with van der Waals surface area (Å²) in [6, 6.07) is 2.04. The molecule has 0 saturated heterocycles. The molecule has 0 spiro atoms. The summed E-state index contributed by atoms with van der Waals surface area (Å²) in [6.45, 7) is 0. The Morgan fingerprint density at radius 1 is 1.30 bits per heavy atom. The highest BCUT2D eigenvalue weighted by molar-refractivity contribution is 7.14. The van der Waals surface area contributed by atoms with Gasteiger partial charge in [0.2, 0.25) is 0 Å². The Labute approximate surface area is 126 Å². The zero-order valence-electron chi connectivity index (χ0n) is 10.0. The fourth-order valence-electron chi connectivity index (χ4n) is 1.50. The van der Waals surface area contributed by atoms with E-state index >= 15 is 0 Å². The zero-order chi connectivity index (χ0) is 13.9. The van der Waals surface area contributed by atoms with Gasteiger partial charge in [0.15, 0.2) is 0 Å².